The normalized spacial score (nSPS) is 10.3. The molecule has 4 nitrogen and oxygen atoms in total. The highest BCUT2D eigenvalue weighted by Crippen LogP contribution is 2.28. The number of benzene rings is 1. The van der Waals surface area contributed by atoms with E-state index < -0.39 is 0 Å². The van der Waals surface area contributed by atoms with E-state index in [1.807, 2.05) is 26.0 Å². The first-order chi connectivity index (χ1) is 8.99. The summed E-state index contributed by atoms with van der Waals surface area (Å²) in [6.07, 6.45) is 3.18. The molecule has 0 bridgehead atoms. The molecule has 0 aliphatic carbocycles. The Morgan fingerprint density at radius 3 is 2.37 bits per heavy atom. The van der Waals surface area contributed by atoms with Gasteiger partial charge in [0, 0.05) is 22.6 Å². The van der Waals surface area contributed by atoms with Crippen LogP contribution in [0.2, 0.25) is 0 Å². The molecule has 2 aromatic rings. The lowest BCUT2D eigenvalue weighted by atomic mass is 10.1. The van der Waals surface area contributed by atoms with Crippen molar-refractivity contribution in [2.45, 2.75) is 13.8 Å². The van der Waals surface area contributed by atoms with Gasteiger partial charge in [-0.25, -0.2) is 9.97 Å². The van der Waals surface area contributed by atoms with Gasteiger partial charge in [-0.05, 0) is 37.1 Å². The van der Waals surface area contributed by atoms with Gasteiger partial charge in [0.25, 0.3) is 0 Å². The van der Waals surface area contributed by atoms with Crippen LogP contribution in [-0.4, -0.2) is 15.0 Å². The summed E-state index contributed by atoms with van der Waals surface area (Å²) in [4.78, 5) is 8.62. The Hall–Kier alpha value is -1.53. The number of nitrogens with one attached hydrogen (secondary N) is 1. The maximum Gasteiger partial charge on any atom is 0.159 e. The predicted octanol–water partition coefficient (Wildman–Crippen LogP) is 3.23. The third-order valence-corrected chi connectivity index (χ3v) is 3.32. The van der Waals surface area contributed by atoms with Crippen molar-refractivity contribution >= 4 is 44.6 Å². The summed E-state index contributed by atoms with van der Waals surface area (Å²) in [6.45, 7) is 4.05. The summed E-state index contributed by atoms with van der Waals surface area (Å²) in [6, 6.07) is 4.07. The first-order valence-electron chi connectivity index (χ1n) is 5.63. The van der Waals surface area contributed by atoms with E-state index >= 15 is 0 Å². The van der Waals surface area contributed by atoms with Gasteiger partial charge in [-0.2, -0.15) is 0 Å². The topological polar surface area (TPSA) is 63.8 Å². The van der Waals surface area contributed by atoms with Crippen molar-refractivity contribution in [1.29, 1.82) is 0 Å². The number of nitrogens with two attached hydrogens (primary N) is 1. The van der Waals surface area contributed by atoms with E-state index in [0.717, 1.165) is 21.3 Å². The van der Waals surface area contributed by atoms with Crippen molar-refractivity contribution in [2.24, 2.45) is 5.73 Å². The molecule has 0 saturated heterocycles. The fourth-order valence-corrected chi connectivity index (χ4v) is 2.67. The third-order valence-electron chi connectivity index (χ3n) is 2.67. The summed E-state index contributed by atoms with van der Waals surface area (Å²) < 4.78 is 1.04. The fourth-order valence-electron chi connectivity index (χ4n) is 1.84. The maximum absolute atomic E-state index is 5.65. The van der Waals surface area contributed by atoms with Crippen molar-refractivity contribution in [3.05, 3.63) is 45.8 Å². The summed E-state index contributed by atoms with van der Waals surface area (Å²) in [5.74, 6) is 0.573. The van der Waals surface area contributed by atoms with E-state index in [0.29, 0.717) is 11.5 Å². The van der Waals surface area contributed by atoms with Gasteiger partial charge in [0.1, 0.15) is 10.7 Å². The van der Waals surface area contributed by atoms with Gasteiger partial charge in [-0.1, -0.05) is 28.1 Å². The molecule has 0 radical (unpaired) electrons. The molecule has 0 aliphatic heterocycles. The van der Waals surface area contributed by atoms with Crippen LogP contribution in [0.1, 0.15) is 16.8 Å². The highest BCUT2D eigenvalue weighted by molar-refractivity contribution is 9.10. The minimum absolute atomic E-state index is 0.225. The average Bonchev–Trinajstić information content (AvgIpc) is 2.34. The van der Waals surface area contributed by atoms with Crippen LogP contribution in [0, 0.1) is 13.8 Å². The number of hydrogen-bond acceptors (Lipinski definition) is 4. The van der Waals surface area contributed by atoms with E-state index in [-0.39, 0.29) is 4.99 Å². The van der Waals surface area contributed by atoms with Crippen molar-refractivity contribution in [3.8, 4) is 0 Å². The van der Waals surface area contributed by atoms with Gasteiger partial charge >= 0.3 is 0 Å². The first kappa shape index (κ1) is 13.9. The van der Waals surface area contributed by atoms with Crippen LogP contribution >= 0.6 is 28.1 Å². The lowest BCUT2D eigenvalue weighted by Crippen LogP contribution is -2.15. The number of thiocarbonyl (C=S) groups is 1. The Morgan fingerprint density at radius 1 is 1.21 bits per heavy atom. The molecule has 0 unspecified atom stereocenters. The Bertz CT molecular complexity index is 619. The number of aromatic nitrogens is 2. The molecule has 19 heavy (non-hydrogen) atoms. The molecule has 0 atom stereocenters. The molecule has 0 spiro atoms. The number of rotatable bonds is 3. The van der Waals surface area contributed by atoms with E-state index in [9.17, 15) is 0 Å². The zero-order valence-electron chi connectivity index (χ0n) is 10.6. The Labute approximate surface area is 125 Å². The van der Waals surface area contributed by atoms with Crippen LogP contribution in [0.4, 0.5) is 11.5 Å². The van der Waals surface area contributed by atoms with E-state index in [1.165, 1.54) is 0 Å². The minimum Gasteiger partial charge on any atom is -0.388 e. The fraction of sp³-hybridized carbons (Fsp3) is 0.154. The molecule has 0 aliphatic rings. The number of hydrogen-bond donors (Lipinski definition) is 2. The van der Waals surface area contributed by atoms with E-state index in [1.54, 1.807) is 12.4 Å². The molecule has 0 fully saturated rings. The molecule has 0 amide bonds. The third kappa shape index (κ3) is 3.08. The summed E-state index contributed by atoms with van der Waals surface area (Å²) in [5.41, 5.74) is 9.34. The first-order valence-corrected chi connectivity index (χ1v) is 6.83. The van der Waals surface area contributed by atoms with Crippen LogP contribution < -0.4 is 11.1 Å². The molecule has 1 heterocycles. The average molecular weight is 337 g/mol. The van der Waals surface area contributed by atoms with Crippen molar-refractivity contribution in [3.63, 3.8) is 0 Å². The second-order valence-electron chi connectivity index (χ2n) is 4.16. The molecule has 3 N–H and O–H groups in total. The SMILES string of the molecule is Cc1cc(Br)cc(C)c1Nc1nccnc1C(N)=S. The molecular formula is C13H13BrN4S. The van der Waals surface area contributed by atoms with Crippen molar-refractivity contribution < 1.29 is 0 Å². The molecule has 98 valence electrons. The van der Waals surface area contributed by atoms with Gasteiger partial charge < -0.3 is 11.1 Å². The molecule has 2 rings (SSSR count). The van der Waals surface area contributed by atoms with Crippen molar-refractivity contribution in [2.75, 3.05) is 5.32 Å². The summed E-state index contributed by atoms with van der Waals surface area (Å²) in [7, 11) is 0. The Balaban J connectivity index is 2.45. The van der Waals surface area contributed by atoms with Gasteiger partial charge in [0.2, 0.25) is 0 Å². The monoisotopic (exact) mass is 336 g/mol. The summed E-state index contributed by atoms with van der Waals surface area (Å²) >= 11 is 8.45. The highest BCUT2D eigenvalue weighted by Gasteiger charge is 2.11. The lowest BCUT2D eigenvalue weighted by molar-refractivity contribution is 1.17. The van der Waals surface area contributed by atoms with Crippen LogP contribution in [-0.2, 0) is 0 Å². The number of anilines is 2. The molecule has 1 aromatic heterocycles. The minimum atomic E-state index is 0.225. The summed E-state index contributed by atoms with van der Waals surface area (Å²) in [5, 5.41) is 3.26. The van der Waals surface area contributed by atoms with Gasteiger partial charge in [-0.3, -0.25) is 0 Å². The number of nitrogens with zero attached hydrogens (tertiary/aromatic N) is 2. The van der Waals surface area contributed by atoms with Crippen LogP contribution in [0.5, 0.6) is 0 Å². The molecular weight excluding hydrogens is 324 g/mol. The number of aryl methyl sites for hydroxylation is 2. The molecule has 6 heteroatoms. The van der Waals surface area contributed by atoms with Crippen molar-refractivity contribution in [1.82, 2.24) is 9.97 Å². The van der Waals surface area contributed by atoms with E-state index in [4.69, 9.17) is 18.0 Å². The lowest BCUT2D eigenvalue weighted by Gasteiger charge is -2.14. The zero-order chi connectivity index (χ0) is 14.0. The smallest absolute Gasteiger partial charge is 0.159 e. The van der Waals surface area contributed by atoms with E-state index in [2.05, 4.69) is 31.2 Å². The number of halogens is 1. The zero-order valence-corrected chi connectivity index (χ0v) is 13.0. The van der Waals surface area contributed by atoms with Crippen LogP contribution in [0.3, 0.4) is 0 Å². The Morgan fingerprint density at radius 2 is 1.79 bits per heavy atom. The van der Waals surface area contributed by atoms with Crippen LogP contribution in [0.15, 0.2) is 29.0 Å². The molecule has 0 saturated carbocycles. The highest BCUT2D eigenvalue weighted by atomic mass is 79.9. The maximum atomic E-state index is 5.65. The van der Waals surface area contributed by atoms with Gasteiger partial charge in [0.15, 0.2) is 5.82 Å². The second-order valence-corrected chi connectivity index (χ2v) is 5.51. The van der Waals surface area contributed by atoms with Gasteiger partial charge in [-0.15, -0.1) is 0 Å². The largest absolute Gasteiger partial charge is 0.388 e. The predicted molar refractivity (Wildman–Crippen MR) is 84.8 cm³/mol. The Kier molecular flexibility index (Phi) is 4.11. The molecule has 1 aromatic carbocycles. The van der Waals surface area contributed by atoms with Crippen LogP contribution in [0.25, 0.3) is 0 Å². The second kappa shape index (κ2) is 5.63. The van der Waals surface area contributed by atoms with Gasteiger partial charge in [0.05, 0.1) is 0 Å². The standard InChI is InChI=1S/C13H13BrN4S/c1-7-5-9(14)6-8(2)10(7)18-13-11(12(15)19)16-3-4-17-13/h3-6H,1-2H3,(H2,15,19)(H,17,18). The quantitative estimate of drug-likeness (QED) is 0.842.